The van der Waals surface area contributed by atoms with E-state index in [4.69, 9.17) is 17.3 Å². The Morgan fingerprint density at radius 2 is 1.92 bits per heavy atom. The summed E-state index contributed by atoms with van der Waals surface area (Å²) in [5.41, 5.74) is 8.99. The second kappa shape index (κ2) is 8.33. The molecule has 134 valence electrons. The molecule has 6 nitrogen and oxygen atoms in total. The van der Waals surface area contributed by atoms with Crippen LogP contribution in [0.15, 0.2) is 52.4 Å². The van der Waals surface area contributed by atoms with E-state index in [2.05, 4.69) is 15.0 Å². The lowest BCUT2D eigenvalue weighted by Crippen LogP contribution is -2.28. The fourth-order valence-corrected chi connectivity index (χ4v) is 3.40. The van der Waals surface area contributed by atoms with Gasteiger partial charge in [0.25, 0.3) is 0 Å². The molecule has 2 rings (SSSR count). The van der Waals surface area contributed by atoms with Crippen molar-refractivity contribution >= 4 is 33.3 Å². The molecule has 0 atom stereocenters. The zero-order valence-corrected chi connectivity index (χ0v) is 15.7. The normalized spacial score (nSPS) is 12.2. The number of guanidine groups is 1. The van der Waals surface area contributed by atoms with Crippen LogP contribution in [0.5, 0.6) is 0 Å². The molecule has 0 spiro atoms. The van der Waals surface area contributed by atoms with Crippen LogP contribution in [0.1, 0.15) is 11.1 Å². The van der Waals surface area contributed by atoms with Gasteiger partial charge in [-0.2, -0.15) is 0 Å². The predicted octanol–water partition coefficient (Wildman–Crippen LogP) is 2.66. The molecule has 8 heteroatoms. The van der Waals surface area contributed by atoms with Crippen molar-refractivity contribution in [1.29, 1.82) is 0 Å². The van der Waals surface area contributed by atoms with Gasteiger partial charge < -0.3 is 11.1 Å². The van der Waals surface area contributed by atoms with E-state index < -0.39 is 10.0 Å². The number of nitrogens with two attached hydrogens (primary N) is 1. The second-order valence-electron chi connectivity index (χ2n) is 5.55. The number of hydrogen-bond acceptors (Lipinski definition) is 3. The smallest absolute Gasteiger partial charge is 0.240 e. The number of benzene rings is 2. The number of aryl methyl sites for hydroxylation is 2. The molecule has 0 bridgehead atoms. The number of anilines is 1. The second-order valence-corrected chi connectivity index (χ2v) is 7.75. The van der Waals surface area contributed by atoms with Gasteiger partial charge in [-0.25, -0.2) is 13.1 Å². The van der Waals surface area contributed by atoms with Crippen molar-refractivity contribution in [2.24, 2.45) is 10.7 Å². The summed E-state index contributed by atoms with van der Waals surface area (Å²) >= 11 is 5.81. The SMILES string of the molecule is Cc1ccc(NC(N)=NCCNS(=O)(=O)c2cccc(Cl)c2)cc1C. The Morgan fingerprint density at radius 3 is 2.60 bits per heavy atom. The minimum Gasteiger partial charge on any atom is -0.370 e. The van der Waals surface area contributed by atoms with Crippen LogP contribution in [-0.4, -0.2) is 27.5 Å². The third kappa shape index (κ3) is 5.74. The molecule has 4 N–H and O–H groups in total. The molecule has 0 radical (unpaired) electrons. The molecule has 2 aromatic carbocycles. The molecule has 0 saturated carbocycles. The van der Waals surface area contributed by atoms with Crippen LogP contribution in [0, 0.1) is 13.8 Å². The summed E-state index contributed by atoms with van der Waals surface area (Å²) in [6.45, 7) is 4.38. The van der Waals surface area contributed by atoms with Gasteiger partial charge in [0, 0.05) is 17.3 Å². The van der Waals surface area contributed by atoms with Crippen LogP contribution < -0.4 is 15.8 Å². The third-order valence-electron chi connectivity index (χ3n) is 3.57. The van der Waals surface area contributed by atoms with E-state index in [1.54, 1.807) is 12.1 Å². The minimum absolute atomic E-state index is 0.116. The monoisotopic (exact) mass is 380 g/mol. The molecular weight excluding hydrogens is 360 g/mol. The first kappa shape index (κ1) is 19.2. The average molecular weight is 381 g/mol. The van der Waals surface area contributed by atoms with Gasteiger partial charge in [-0.05, 0) is 55.3 Å². The number of nitrogens with one attached hydrogen (secondary N) is 2. The van der Waals surface area contributed by atoms with Gasteiger partial charge in [-0.3, -0.25) is 4.99 Å². The molecule has 0 aliphatic rings. The summed E-state index contributed by atoms with van der Waals surface area (Å²) in [5, 5.41) is 3.34. The van der Waals surface area contributed by atoms with Gasteiger partial charge in [0.15, 0.2) is 5.96 Å². The molecular formula is C17H21ClN4O2S. The highest BCUT2D eigenvalue weighted by Crippen LogP contribution is 2.15. The Hall–Kier alpha value is -2.09. The lowest BCUT2D eigenvalue weighted by molar-refractivity contribution is 0.582. The number of hydrogen-bond donors (Lipinski definition) is 3. The van der Waals surface area contributed by atoms with Crippen LogP contribution in [0.4, 0.5) is 5.69 Å². The molecule has 0 aliphatic carbocycles. The molecule has 0 amide bonds. The predicted molar refractivity (Wildman–Crippen MR) is 103 cm³/mol. The zero-order chi connectivity index (χ0) is 18.4. The third-order valence-corrected chi connectivity index (χ3v) is 5.27. The van der Waals surface area contributed by atoms with E-state index in [1.165, 1.54) is 17.7 Å². The summed E-state index contributed by atoms with van der Waals surface area (Å²) in [6.07, 6.45) is 0. The summed E-state index contributed by atoms with van der Waals surface area (Å²) in [6, 6.07) is 11.9. The van der Waals surface area contributed by atoms with Crippen molar-refractivity contribution in [3.05, 3.63) is 58.6 Å². The molecule has 0 fully saturated rings. The van der Waals surface area contributed by atoms with E-state index in [1.807, 2.05) is 32.0 Å². The summed E-state index contributed by atoms with van der Waals surface area (Å²) in [7, 11) is -3.61. The van der Waals surface area contributed by atoms with Crippen LogP contribution in [0.2, 0.25) is 5.02 Å². The average Bonchev–Trinajstić information content (AvgIpc) is 2.55. The topological polar surface area (TPSA) is 96.6 Å². The highest BCUT2D eigenvalue weighted by Gasteiger charge is 2.13. The van der Waals surface area contributed by atoms with Crippen LogP contribution in [-0.2, 0) is 10.0 Å². The number of rotatable bonds is 6. The lowest BCUT2D eigenvalue weighted by atomic mass is 10.1. The Bertz CT molecular complexity index is 882. The van der Waals surface area contributed by atoms with E-state index in [-0.39, 0.29) is 23.9 Å². The highest BCUT2D eigenvalue weighted by atomic mass is 35.5. The first-order valence-corrected chi connectivity index (χ1v) is 9.53. The van der Waals surface area contributed by atoms with Crippen molar-refractivity contribution < 1.29 is 8.42 Å². The van der Waals surface area contributed by atoms with Gasteiger partial charge >= 0.3 is 0 Å². The fraction of sp³-hybridized carbons (Fsp3) is 0.235. The van der Waals surface area contributed by atoms with Gasteiger partial charge in [-0.1, -0.05) is 23.7 Å². The zero-order valence-electron chi connectivity index (χ0n) is 14.1. The molecule has 2 aromatic rings. The Morgan fingerprint density at radius 1 is 1.16 bits per heavy atom. The Labute approximate surface area is 153 Å². The van der Waals surface area contributed by atoms with Gasteiger partial charge in [0.1, 0.15) is 0 Å². The summed E-state index contributed by atoms with van der Waals surface area (Å²) in [5.74, 6) is 0.227. The minimum atomic E-state index is -3.61. The maximum Gasteiger partial charge on any atom is 0.240 e. The quantitative estimate of drug-likeness (QED) is 0.407. The highest BCUT2D eigenvalue weighted by molar-refractivity contribution is 7.89. The first-order chi connectivity index (χ1) is 11.8. The molecule has 0 unspecified atom stereocenters. The van der Waals surface area contributed by atoms with Crippen LogP contribution in [0.25, 0.3) is 0 Å². The van der Waals surface area contributed by atoms with Crippen molar-refractivity contribution in [3.63, 3.8) is 0 Å². The van der Waals surface area contributed by atoms with E-state index >= 15 is 0 Å². The molecule has 0 heterocycles. The van der Waals surface area contributed by atoms with Gasteiger partial charge in [0.2, 0.25) is 10.0 Å². The van der Waals surface area contributed by atoms with E-state index in [9.17, 15) is 8.42 Å². The number of nitrogens with zero attached hydrogens (tertiary/aromatic N) is 1. The number of aliphatic imine (C=N–C) groups is 1. The first-order valence-electron chi connectivity index (χ1n) is 7.67. The Balaban J connectivity index is 1.88. The van der Waals surface area contributed by atoms with Gasteiger partial charge in [-0.15, -0.1) is 0 Å². The maximum absolute atomic E-state index is 12.1. The largest absolute Gasteiger partial charge is 0.370 e. The fourth-order valence-electron chi connectivity index (χ4n) is 2.08. The number of halogens is 1. The molecule has 0 aliphatic heterocycles. The van der Waals surface area contributed by atoms with Crippen molar-refractivity contribution in [1.82, 2.24) is 4.72 Å². The van der Waals surface area contributed by atoms with E-state index in [0.717, 1.165) is 11.3 Å². The molecule has 0 saturated heterocycles. The van der Waals surface area contributed by atoms with Crippen LogP contribution >= 0.6 is 11.6 Å². The van der Waals surface area contributed by atoms with E-state index in [0.29, 0.717) is 5.02 Å². The Kier molecular flexibility index (Phi) is 6.41. The van der Waals surface area contributed by atoms with Gasteiger partial charge in [0.05, 0.1) is 11.4 Å². The molecule has 0 aromatic heterocycles. The summed E-state index contributed by atoms with van der Waals surface area (Å²) < 4.78 is 26.7. The van der Waals surface area contributed by atoms with Crippen molar-refractivity contribution in [2.45, 2.75) is 18.7 Å². The standard InChI is InChI=1S/C17H21ClN4O2S/c1-12-6-7-15(10-13(12)2)22-17(19)20-8-9-21-25(23,24)16-5-3-4-14(18)11-16/h3-7,10-11,21H,8-9H2,1-2H3,(H3,19,20,22). The lowest BCUT2D eigenvalue weighted by Gasteiger charge is -2.09. The van der Waals surface area contributed by atoms with Crippen LogP contribution in [0.3, 0.4) is 0 Å². The summed E-state index contributed by atoms with van der Waals surface area (Å²) in [4.78, 5) is 4.23. The van der Waals surface area contributed by atoms with Crippen molar-refractivity contribution in [3.8, 4) is 0 Å². The number of sulfonamides is 1. The van der Waals surface area contributed by atoms with Crippen molar-refractivity contribution in [2.75, 3.05) is 18.4 Å². The maximum atomic E-state index is 12.1. The molecule has 25 heavy (non-hydrogen) atoms.